The average molecular weight is 164 g/mol. The number of carboxylic acid groups (broad SMARTS) is 2. The summed E-state index contributed by atoms with van der Waals surface area (Å²) in [5.74, 6) is -2.95. The quantitative estimate of drug-likeness (QED) is 0.505. The van der Waals surface area contributed by atoms with Crippen LogP contribution in [-0.4, -0.2) is 34.4 Å². The van der Waals surface area contributed by atoms with Crippen LogP contribution in [0, 0.1) is 0 Å². The number of aliphatic carboxylic acids is 2. The van der Waals surface area contributed by atoms with Gasteiger partial charge >= 0.3 is 11.9 Å². The van der Waals surface area contributed by atoms with Crippen LogP contribution >= 0.6 is 0 Å². The summed E-state index contributed by atoms with van der Waals surface area (Å²) in [5, 5.41) is 16.1. The minimum absolute atomic E-state index is 0.881. The van der Waals surface area contributed by atoms with Gasteiger partial charge in [0.1, 0.15) is 12.2 Å². The fourth-order valence-corrected chi connectivity index (χ4v) is 0.448. The maximum atomic E-state index is 12.4. The molecule has 11 heavy (non-hydrogen) atoms. The molecular weight excluding hydrogens is 156 g/mol. The lowest BCUT2D eigenvalue weighted by Crippen LogP contribution is -2.40. The van der Waals surface area contributed by atoms with Crippen molar-refractivity contribution in [3.8, 4) is 0 Å². The highest BCUT2D eigenvalue weighted by atomic mass is 18.2. The van der Waals surface area contributed by atoms with Crippen molar-refractivity contribution in [1.82, 2.24) is 0 Å². The zero-order valence-electron chi connectivity index (χ0n) is 5.53. The summed E-state index contributed by atoms with van der Waals surface area (Å²) in [4.78, 5) is 19.8. The molecule has 2 unspecified atom stereocenters. The van der Waals surface area contributed by atoms with Gasteiger partial charge in [-0.05, 0) is 0 Å². The minimum Gasteiger partial charge on any atom is -0.481 e. The Balaban J connectivity index is 3.92. The molecule has 0 radical (unpaired) electrons. The van der Waals surface area contributed by atoms with Crippen molar-refractivity contribution >= 4 is 11.9 Å². The molecule has 0 aliphatic carbocycles. The van der Waals surface area contributed by atoms with Gasteiger partial charge < -0.3 is 15.9 Å². The van der Waals surface area contributed by atoms with E-state index >= 15 is 0 Å². The number of alkyl halides is 1. The molecule has 6 heteroatoms. The number of hydrogen-bond donors (Lipinski definition) is 3. The first-order valence-electron chi connectivity index (χ1n) is 2.79. The number of halogens is 1. The second-order valence-electron chi connectivity index (χ2n) is 1.98. The molecule has 4 N–H and O–H groups in total. The Labute approximate surface area is 61.6 Å². The summed E-state index contributed by atoms with van der Waals surface area (Å²) in [5.41, 5.74) is 4.77. The fraction of sp³-hybridized carbons (Fsp3) is 0.600. The number of carbonyl (C=O) groups is 2. The van der Waals surface area contributed by atoms with E-state index in [0.717, 1.165) is 0 Å². The van der Waals surface area contributed by atoms with E-state index in [2.05, 4.69) is 0 Å². The number of hydrogen-bond acceptors (Lipinski definition) is 3. The topological polar surface area (TPSA) is 101 Å². The minimum atomic E-state index is -2.04. The highest BCUT2D eigenvalue weighted by Crippen LogP contribution is 2.02. The molecule has 0 heterocycles. The summed E-state index contributed by atoms with van der Waals surface area (Å²) < 4.78 is 12.4. The van der Waals surface area contributed by atoms with Crippen LogP contribution in [0.15, 0.2) is 0 Å². The van der Waals surface area contributed by atoms with E-state index in [4.69, 9.17) is 15.9 Å². The van der Waals surface area contributed by atoms with Gasteiger partial charge in [-0.15, -0.1) is 0 Å². The maximum absolute atomic E-state index is 12.4. The summed E-state index contributed by atoms with van der Waals surface area (Å²) in [6.45, 7) is 0. The molecule has 0 aromatic carbocycles. The number of rotatable bonds is 4. The molecule has 2 atom stereocenters. The van der Waals surface area contributed by atoms with E-state index in [1.54, 1.807) is 0 Å². The highest BCUT2D eigenvalue weighted by Gasteiger charge is 2.25. The van der Waals surface area contributed by atoms with E-state index in [1.807, 2.05) is 0 Å². The van der Waals surface area contributed by atoms with Gasteiger partial charge in [-0.25, -0.2) is 4.39 Å². The van der Waals surface area contributed by atoms with Gasteiger partial charge in [-0.3, -0.25) is 9.59 Å². The zero-order chi connectivity index (χ0) is 9.02. The largest absolute Gasteiger partial charge is 0.481 e. The maximum Gasteiger partial charge on any atom is 0.323 e. The lowest BCUT2D eigenvalue weighted by molar-refractivity contribution is -0.142. The average Bonchev–Trinajstić information content (AvgIpc) is 1.84. The van der Waals surface area contributed by atoms with Crippen LogP contribution in [0.4, 0.5) is 4.39 Å². The predicted molar refractivity (Wildman–Crippen MR) is 32.8 cm³/mol. The molecule has 0 aliphatic rings. The van der Waals surface area contributed by atoms with Crippen molar-refractivity contribution in [3.63, 3.8) is 0 Å². The number of carboxylic acids is 2. The molecule has 0 bridgehead atoms. The Bertz CT molecular complexity index is 172. The van der Waals surface area contributed by atoms with Crippen molar-refractivity contribution in [2.75, 3.05) is 0 Å². The summed E-state index contributed by atoms with van der Waals surface area (Å²) in [6.07, 6.45) is -2.92. The summed E-state index contributed by atoms with van der Waals surface area (Å²) in [7, 11) is 0. The molecule has 0 spiro atoms. The van der Waals surface area contributed by atoms with Gasteiger partial charge in [-0.2, -0.15) is 0 Å². The van der Waals surface area contributed by atoms with Gasteiger partial charge in [0.15, 0.2) is 0 Å². The van der Waals surface area contributed by atoms with Crippen LogP contribution in [0.3, 0.4) is 0 Å². The third kappa shape index (κ3) is 3.51. The first-order chi connectivity index (χ1) is 4.95. The molecule has 0 rings (SSSR count). The Kier molecular flexibility index (Phi) is 3.46. The van der Waals surface area contributed by atoms with Crippen molar-refractivity contribution in [3.05, 3.63) is 0 Å². The normalized spacial score (nSPS) is 15.5. The third-order valence-electron chi connectivity index (χ3n) is 1.04. The summed E-state index contributed by atoms with van der Waals surface area (Å²) in [6, 6.07) is -1.76. The first-order valence-corrected chi connectivity index (χ1v) is 2.79. The van der Waals surface area contributed by atoms with Crippen LogP contribution in [0.1, 0.15) is 6.42 Å². The van der Waals surface area contributed by atoms with E-state index in [0.29, 0.717) is 0 Å². The molecule has 0 saturated carbocycles. The van der Waals surface area contributed by atoms with E-state index in [1.165, 1.54) is 0 Å². The molecular formula is C5H8FNO4. The Morgan fingerprint density at radius 3 is 2.18 bits per heavy atom. The van der Waals surface area contributed by atoms with Crippen molar-refractivity contribution in [1.29, 1.82) is 0 Å². The lowest BCUT2D eigenvalue weighted by atomic mass is 10.1. The molecule has 0 aliphatic heterocycles. The van der Waals surface area contributed by atoms with Gasteiger partial charge in [0, 0.05) is 0 Å². The highest BCUT2D eigenvalue weighted by molar-refractivity contribution is 5.76. The number of nitrogens with two attached hydrogens (primary N) is 1. The van der Waals surface area contributed by atoms with E-state index in [-0.39, 0.29) is 0 Å². The van der Waals surface area contributed by atoms with Crippen LogP contribution in [0.2, 0.25) is 0 Å². The molecule has 5 nitrogen and oxygen atoms in total. The third-order valence-corrected chi connectivity index (χ3v) is 1.04. The van der Waals surface area contributed by atoms with Crippen LogP contribution in [0.25, 0.3) is 0 Å². The van der Waals surface area contributed by atoms with Crippen molar-refractivity contribution in [2.24, 2.45) is 5.73 Å². The van der Waals surface area contributed by atoms with Crippen molar-refractivity contribution in [2.45, 2.75) is 18.6 Å². The summed E-state index contributed by atoms with van der Waals surface area (Å²) >= 11 is 0. The standard InChI is InChI=1S/C5H8FNO4/c6-2(1-3(8)9)4(7)5(10)11/h2,4H,1,7H2,(H,8,9)(H,10,11)/i6-1. The second kappa shape index (κ2) is 3.87. The second-order valence-corrected chi connectivity index (χ2v) is 1.98. The van der Waals surface area contributed by atoms with Gasteiger partial charge in [0.25, 0.3) is 0 Å². The Morgan fingerprint density at radius 2 is 1.91 bits per heavy atom. The first kappa shape index (κ1) is 9.83. The predicted octanol–water partition coefficient (Wildman–Crippen LogP) is -0.789. The molecule has 0 amide bonds. The molecule has 0 aromatic rings. The van der Waals surface area contributed by atoms with Crippen LogP contribution < -0.4 is 5.73 Å². The van der Waals surface area contributed by atoms with Crippen LogP contribution in [0.5, 0.6) is 0 Å². The Morgan fingerprint density at radius 1 is 1.45 bits per heavy atom. The molecule has 64 valence electrons. The van der Waals surface area contributed by atoms with Crippen LogP contribution in [-0.2, 0) is 9.59 Å². The fourth-order valence-electron chi connectivity index (χ4n) is 0.448. The van der Waals surface area contributed by atoms with E-state index in [9.17, 15) is 14.0 Å². The molecule has 0 saturated heterocycles. The van der Waals surface area contributed by atoms with Crippen molar-refractivity contribution < 1.29 is 24.2 Å². The van der Waals surface area contributed by atoms with Gasteiger partial charge in [0.05, 0.1) is 6.42 Å². The van der Waals surface area contributed by atoms with E-state index < -0.39 is 30.6 Å². The zero-order valence-corrected chi connectivity index (χ0v) is 5.53. The smallest absolute Gasteiger partial charge is 0.323 e. The molecule has 0 aromatic heterocycles. The van der Waals surface area contributed by atoms with Gasteiger partial charge in [-0.1, -0.05) is 0 Å². The van der Waals surface area contributed by atoms with Gasteiger partial charge in [0.2, 0.25) is 0 Å². The SMILES string of the molecule is NC(C(=O)O)C([18F])CC(=O)O. The molecule has 0 fully saturated rings. The Hall–Kier alpha value is -1.17. The monoisotopic (exact) mass is 164 g/mol. The lowest BCUT2D eigenvalue weighted by Gasteiger charge is -2.08.